The van der Waals surface area contributed by atoms with Gasteiger partial charge in [-0.3, -0.25) is 4.79 Å². The van der Waals surface area contributed by atoms with Crippen molar-refractivity contribution < 1.29 is 9.90 Å². The summed E-state index contributed by atoms with van der Waals surface area (Å²) in [5.41, 5.74) is 0. The van der Waals surface area contributed by atoms with Crippen LogP contribution in [0.3, 0.4) is 0 Å². The standard InChI is InChI=1S/C11H20O2/c1-3-5-6-7-9-10(8-4-2)11(12)13/h4,10H,2-3,5-9H2,1H3,(H,12,13). The Morgan fingerprint density at radius 3 is 2.62 bits per heavy atom. The van der Waals surface area contributed by atoms with E-state index in [1.807, 2.05) is 0 Å². The molecule has 0 heterocycles. The van der Waals surface area contributed by atoms with Gasteiger partial charge in [-0.1, -0.05) is 38.7 Å². The van der Waals surface area contributed by atoms with Gasteiger partial charge in [0.25, 0.3) is 0 Å². The van der Waals surface area contributed by atoms with Crippen LogP contribution in [0.15, 0.2) is 12.7 Å². The lowest BCUT2D eigenvalue weighted by Gasteiger charge is -2.08. The van der Waals surface area contributed by atoms with Gasteiger partial charge in [0.2, 0.25) is 0 Å². The summed E-state index contributed by atoms with van der Waals surface area (Å²) in [4.78, 5) is 10.7. The highest BCUT2D eigenvalue weighted by molar-refractivity contribution is 5.70. The molecule has 0 aromatic rings. The molecule has 0 aliphatic carbocycles. The number of unbranched alkanes of at least 4 members (excludes halogenated alkanes) is 3. The van der Waals surface area contributed by atoms with Crippen molar-refractivity contribution in [3.63, 3.8) is 0 Å². The molecule has 0 saturated carbocycles. The predicted molar refractivity (Wildman–Crippen MR) is 54.7 cm³/mol. The summed E-state index contributed by atoms with van der Waals surface area (Å²) in [6, 6.07) is 0. The molecule has 0 aromatic heterocycles. The molecule has 0 aliphatic heterocycles. The Kier molecular flexibility index (Phi) is 7.36. The van der Waals surface area contributed by atoms with Crippen molar-refractivity contribution in [2.75, 3.05) is 0 Å². The second-order valence-corrected chi connectivity index (χ2v) is 3.41. The molecule has 0 bridgehead atoms. The van der Waals surface area contributed by atoms with Gasteiger partial charge >= 0.3 is 5.97 Å². The lowest BCUT2D eigenvalue weighted by atomic mass is 9.98. The SMILES string of the molecule is C=CCC(CCCCCC)C(=O)O. The minimum atomic E-state index is -0.684. The highest BCUT2D eigenvalue weighted by Crippen LogP contribution is 2.14. The summed E-state index contributed by atoms with van der Waals surface area (Å²) < 4.78 is 0. The van der Waals surface area contributed by atoms with E-state index in [1.54, 1.807) is 6.08 Å². The Bertz CT molecular complexity index is 152. The average Bonchev–Trinajstić information content (AvgIpc) is 2.10. The van der Waals surface area contributed by atoms with Crippen molar-refractivity contribution in [1.29, 1.82) is 0 Å². The van der Waals surface area contributed by atoms with Gasteiger partial charge in [0, 0.05) is 0 Å². The van der Waals surface area contributed by atoms with Gasteiger partial charge in [-0.05, 0) is 12.8 Å². The molecule has 76 valence electrons. The molecule has 13 heavy (non-hydrogen) atoms. The van der Waals surface area contributed by atoms with E-state index in [2.05, 4.69) is 13.5 Å². The maximum Gasteiger partial charge on any atom is 0.306 e. The topological polar surface area (TPSA) is 37.3 Å². The molecule has 0 fully saturated rings. The molecule has 2 nitrogen and oxygen atoms in total. The van der Waals surface area contributed by atoms with E-state index >= 15 is 0 Å². The summed E-state index contributed by atoms with van der Waals surface area (Å²) in [5, 5.41) is 8.81. The summed E-state index contributed by atoms with van der Waals surface area (Å²) in [5.74, 6) is -0.897. The minimum Gasteiger partial charge on any atom is -0.481 e. The van der Waals surface area contributed by atoms with E-state index in [1.165, 1.54) is 12.8 Å². The van der Waals surface area contributed by atoms with Crippen LogP contribution in [0.2, 0.25) is 0 Å². The van der Waals surface area contributed by atoms with E-state index in [-0.39, 0.29) is 5.92 Å². The Labute approximate surface area is 80.7 Å². The summed E-state index contributed by atoms with van der Waals surface area (Å²) in [6.45, 7) is 5.72. The Morgan fingerprint density at radius 2 is 2.15 bits per heavy atom. The highest BCUT2D eigenvalue weighted by Gasteiger charge is 2.14. The smallest absolute Gasteiger partial charge is 0.306 e. The first-order valence-corrected chi connectivity index (χ1v) is 5.06. The van der Waals surface area contributed by atoms with Gasteiger partial charge in [0.05, 0.1) is 5.92 Å². The van der Waals surface area contributed by atoms with Crippen molar-refractivity contribution in [3.05, 3.63) is 12.7 Å². The monoisotopic (exact) mass is 184 g/mol. The Hall–Kier alpha value is -0.790. The van der Waals surface area contributed by atoms with E-state index in [9.17, 15) is 4.79 Å². The van der Waals surface area contributed by atoms with Crippen molar-refractivity contribution in [1.82, 2.24) is 0 Å². The van der Waals surface area contributed by atoms with Crippen molar-refractivity contribution in [3.8, 4) is 0 Å². The quantitative estimate of drug-likeness (QED) is 0.464. The first-order valence-electron chi connectivity index (χ1n) is 5.06. The zero-order valence-electron chi connectivity index (χ0n) is 8.46. The molecule has 0 aliphatic rings. The third kappa shape index (κ3) is 6.38. The third-order valence-electron chi connectivity index (χ3n) is 2.21. The van der Waals surface area contributed by atoms with Gasteiger partial charge in [0.15, 0.2) is 0 Å². The number of aliphatic carboxylic acids is 1. The van der Waals surface area contributed by atoms with E-state index in [0.717, 1.165) is 19.3 Å². The zero-order chi connectivity index (χ0) is 10.1. The molecule has 0 saturated heterocycles. The number of carboxylic acids is 1. The van der Waals surface area contributed by atoms with Gasteiger partial charge < -0.3 is 5.11 Å². The second-order valence-electron chi connectivity index (χ2n) is 3.41. The fourth-order valence-corrected chi connectivity index (χ4v) is 1.36. The lowest BCUT2D eigenvalue weighted by Crippen LogP contribution is -2.12. The second kappa shape index (κ2) is 7.84. The average molecular weight is 184 g/mol. The first kappa shape index (κ1) is 12.2. The third-order valence-corrected chi connectivity index (χ3v) is 2.21. The highest BCUT2D eigenvalue weighted by atomic mass is 16.4. The minimum absolute atomic E-state index is 0.214. The molecule has 0 spiro atoms. The number of carboxylic acid groups (broad SMARTS) is 1. The van der Waals surface area contributed by atoms with Crippen LogP contribution in [-0.4, -0.2) is 11.1 Å². The number of hydrogen-bond donors (Lipinski definition) is 1. The predicted octanol–water partition coefficient (Wildman–Crippen LogP) is 3.23. The zero-order valence-corrected chi connectivity index (χ0v) is 8.46. The van der Waals surface area contributed by atoms with Crippen LogP contribution in [0.25, 0.3) is 0 Å². The summed E-state index contributed by atoms with van der Waals surface area (Å²) >= 11 is 0. The van der Waals surface area contributed by atoms with Crippen LogP contribution in [-0.2, 0) is 4.79 Å². The number of allylic oxidation sites excluding steroid dienone is 1. The van der Waals surface area contributed by atoms with Gasteiger partial charge in [0.1, 0.15) is 0 Å². The molecule has 0 aromatic carbocycles. The van der Waals surface area contributed by atoms with Crippen molar-refractivity contribution in [2.24, 2.45) is 5.92 Å². The van der Waals surface area contributed by atoms with Crippen molar-refractivity contribution >= 4 is 5.97 Å². The normalized spacial score (nSPS) is 12.4. The number of rotatable bonds is 8. The fraction of sp³-hybridized carbons (Fsp3) is 0.727. The number of hydrogen-bond acceptors (Lipinski definition) is 1. The molecule has 0 amide bonds. The number of carbonyl (C=O) groups is 1. The maximum absolute atomic E-state index is 10.7. The molecule has 1 unspecified atom stereocenters. The Morgan fingerprint density at radius 1 is 1.46 bits per heavy atom. The van der Waals surface area contributed by atoms with Gasteiger partial charge in [-0.2, -0.15) is 0 Å². The van der Waals surface area contributed by atoms with Gasteiger partial charge in [-0.15, -0.1) is 6.58 Å². The van der Waals surface area contributed by atoms with E-state index in [0.29, 0.717) is 6.42 Å². The van der Waals surface area contributed by atoms with E-state index < -0.39 is 5.97 Å². The first-order chi connectivity index (χ1) is 6.22. The molecular weight excluding hydrogens is 164 g/mol. The van der Waals surface area contributed by atoms with Crippen LogP contribution < -0.4 is 0 Å². The van der Waals surface area contributed by atoms with E-state index in [4.69, 9.17) is 5.11 Å². The van der Waals surface area contributed by atoms with Gasteiger partial charge in [-0.25, -0.2) is 0 Å². The summed E-state index contributed by atoms with van der Waals surface area (Å²) in [6.07, 6.45) is 7.66. The Balaban J connectivity index is 3.56. The van der Waals surface area contributed by atoms with Crippen LogP contribution in [0.5, 0.6) is 0 Å². The largest absolute Gasteiger partial charge is 0.481 e. The van der Waals surface area contributed by atoms with Crippen LogP contribution in [0.4, 0.5) is 0 Å². The van der Waals surface area contributed by atoms with Crippen LogP contribution in [0, 0.1) is 5.92 Å². The summed E-state index contributed by atoms with van der Waals surface area (Å²) in [7, 11) is 0. The lowest BCUT2D eigenvalue weighted by molar-refractivity contribution is -0.141. The van der Waals surface area contributed by atoms with Crippen molar-refractivity contribution in [2.45, 2.75) is 45.4 Å². The molecule has 1 atom stereocenters. The molecule has 0 rings (SSSR count). The molecule has 2 heteroatoms. The molecule has 0 radical (unpaired) electrons. The maximum atomic E-state index is 10.7. The van der Waals surface area contributed by atoms with Crippen LogP contribution in [0.1, 0.15) is 45.4 Å². The fourth-order valence-electron chi connectivity index (χ4n) is 1.36. The molecule has 1 N–H and O–H groups in total. The van der Waals surface area contributed by atoms with Crippen LogP contribution >= 0.6 is 0 Å². The molecular formula is C11H20O2.